The summed E-state index contributed by atoms with van der Waals surface area (Å²) in [5, 5.41) is 9.19. The van der Waals surface area contributed by atoms with Crippen molar-refractivity contribution < 1.29 is 0 Å². The zero-order chi connectivity index (χ0) is 13.2. The molecule has 92 valence electrons. The Hall–Kier alpha value is -1.89. The van der Waals surface area contributed by atoms with E-state index >= 15 is 0 Å². The van der Waals surface area contributed by atoms with Crippen LogP contribution >= 0.6 is 0 Å². The van der Waals surface area contributed by atoms with Crippen molar-refractivity contribution in [2.24, 2.45) is 0 Å². The van der Waals surface area contributed by atoms with Crippen LogP contribution in [0.4, 0.5) is 17.1 Å². The van der Waals surface area contributed by atoms with Crippen LogP contribution in [-0.2, 0) is 0 Å². The van der Waals surface area contributed by atoms with Crippen LogP contribution < -0.4 is 14.7 Å². The Balaban J connectivity index is 3.61. The molecule has 17 heavy (non-hydrogen) atoms. The number of nitrogens with zero attached hydrogens (tertiary/aromatic N) is 4. The highest BCUT2D eigenvalue weighted by atomic mass is 15.2. The van der Waals surface area contributed by atoms with Crippen molar-refractivity contribution >= 4 is 17.1 Å². The molecule has 0 amide bonds. The van der Waals surface area contributed by atoms with Crippen LogP contribution in [0.2, 0.25) is 0 Å². The molecule has 0 aliphatic carbocycles. The van der Waals surface area contributed by atoms with E-state index in [9.17, 15) is 5.26 Å². The van der Waals surface area contributed by atoms with Crippen molar-refractivity contribution in [1.82, 2.24) is 0 Å². The molecule has 0 saturated carbocycles. The second-order valence-electron chi connectivity index (χ2n) is 4.62. The first-order valence-electron chi connectivity index (χ1n) is 5.49. The maximum atomic E-state index is 9.19. The fourth-order valence-electron chi connectivity index (χ4n) is 1.91. The molecule has 0 aromatic heterocycles. The highest BCUT2D eigenvalue weighted by Crippen LogP contribution is 2.38. The van der Waals surface area contributed by atoms with Crippen LogP contribution in [0.5, 0.6) is 0 Å². The molecule has 4 heteroatoms. The van der Waals surface area contributed by atoms with Gasteiger partial charge in [0.25, 0.3) is 0 Å². The zero-order valence-corrected chi connectivity index (χ0v) is 11.4. The van der Waals surface area contributed by atoms with Crippen LogP contribution in [0.1, 0.15) is 5.56 Å². The fourth-order valence-corrected chi connectivity index (χ4v) is 1.91. The van der Waals surface area contributed by atoms with Crippen molar-refractivity contribution in [2.75, 3.05) is 57.0 Å². The second kappa shape index (κ2) is 4.96. The van der Waals surface area contributed by atoms with E-state index in [1.54, 1.807) is 0 Å². The quantitative estimate of drug-likeness (QED) is 0.795. The lowest BCUT2D eigenvalue weighted by molar-refractivity contribution is 1.04. The van der Waals surface area contributed by atoms with E-state index in [4.69, 9.17) is 0 Å². The molecule has 0 aliphatic heterocycles. The van der Waals surface area contributed by atoms with E-state index in [1.165, 1.54) is 0 Å². The lowest BCUT2D eigenvalue weighted by Crippen LogP contribution is -2.22. The second-order valence-corrected chi connectivity index (χ2v) is 4.62. The van der Waals surface area contributed by atoms with E-state index < -0.39 is 0 Å². The highest BCUT2D eigenvalue weighted by molar-refractivity contribution is 5.87. The van der Waals surface area contributed by atoms with Crippen molar-refractivity contribution in [3.63, 3.8) is 0 Å². The molecule has 0 spiro atoms. The standard InChI is InChI=1S/C13H20N4/c1-15(2)11-8-7-10(9-14)12(16(3)4)13(11)17(5)6/h7-8H,1-6H3. The Labute approximate surface area is 104 Å². The summed E-state index contributed by atoms with van der Waals surface area (Å²) in [5.41, 5.74) is 3.84. The molecule has 0 unspecified atom stereocenters. The predicted molar refractivity (Wildman–Crippen MR) is 74.1 cm³/mol. The minimum absolute atomic E-state index is 0.698. The van der Waals surface area contributed by atoms with Crippen molar-refractivity contribution in [3.05, 3.63) is 17.7 Å². The molecular formula is C13H20N4. The summed E-state index contributed by atoms with van der Waals surface area (Å²) in [4.78, 5) is 6.09. The topological polar surface area (TPSA) is 33.5 Å². The summed E-state index contributed by atoms with van der Waals surface area (Å²) in [5.74, 6) is 0. The van der Waals surface area contributed by atoms with E-state index in [-0.39, 0.29) is 0 Å². The summed E-state index contributed by atoms with van der Waals surface area (Å²) in [6.45, 7) is 0. The van der Waals surface area contributed by atoms with Gasteiger partial charge in [-0.1, -0.05) is 0 Å². The largest absolute Gasteiger partial charge is 0.376 e. The van der Waals surface area contributed by atoms with Crippen molar-refractivity contribution in [2.45, 2.75) is 0 Å². The summed E-state index contributed by atoms with van der Waals surface area (Å²) in [6.07, 6.45) is 0. The van der Waals surface area contributed by atoms with Crippen LogP contribution in [0, 0.1) is 11.3 Å². The number of benzene rings is 1. The molecule has 0 bridgehead atoms. The van der Waals surface area contributed by atoms with Gasteiger partial charge in [-0.05, 0) is 12.1 Å². The minimum Gasteiger partial charge on any atom is -0.376 e. The smallest absolute Gasteiger partial charge is 0.101 e. The Morgan fingerprint density at radius 3 is 1.71 bits per heavy atom. The average molecular weight is 232 g/mol. The molecule has 0 saturated heterocycles. The molecule has 0 atom stereocenters. The lowest BCUT2D eigenvalue weighted by Gasteiger charge is -2.29. The SMILES string of the molecule is CN(C)c1ccc(C#N)c(N(C)C)c1N(C)C. The first-order chi connectivity index (χ1) is 7.90. The Morgan fingerprint density at radius 2 is 1.35 bits per heavy atom. The van der Waals surface area contributed by atoms with Gasteiger partial charge in [0.2, 0.25) is 0 Å². The van der Waals surface area contributed by atoms with Gasteiger partial charge in [-0.15, -0.1) is 0 Å². The van der Waals surface area contributed by atoms with Gasteiger partial charge in [0.1, 0.15) is 6.07 Å². The van der Waals surface area contributed by atoms with Gasteiger partial charge in [0.05, 0.1) is 22.6 Å². The summed E-state index contributed by atoms with van der Waals surface area (Å²) in [7, 11) is 11.9. The third-order valence-electron chi connectivity index (χ3n) is 2.63. The number of hydrogen-bond acceptors (Lipinski definition) is 4. The molecule has 0 radical (unpaired) electrons. The number of hydrogen-bond donors (Lipinski definition) is 0. The van der Waals surface area contributed by atoms with Crippen LogP contribution in [0.15, 0.2) is 12.1 Å². The molecule has 0 fully saturated rings. The van der Waals surface area contributed by atoms with Gasteiger partial charge in [-0.3, -0.25) is 0 Å². The Bertz CT molecular complexity index is 441. The van der Waals surface area contributed by atoms with E-state index in [0.717, 1.165) is 17.1 Å². The van der Waals surface area contributed by atoms with E-state index in [0.29, 0.717) is 5.56 Å². The number of anilines is 3. The zero-order valence-electron chi connectivity index (χ0n) is 11.4. The minimum atomic E-state index is 0.698. The van der Waals surface area contributed by atoms with Crippen LogP contribution in [-0.4, -0.2) is 42.3 Å². The third-order valence-corrected chi connectivity index (χ3v) is 2.63. The van der Waals surface area contributed by atoms with Gasteiger partial charge in [0, 0.05) is 42.3 Å². The van der Waals surface area contributed by atoms with E-state index in [2.05, 4.69) is 11.0 Å². The maximum Gasteiger partial charge on any atom is 0.101 e. The molecule has 0 aliphatic rings. The molecule has 0 N–H and O–H groups in total. The lowest BCUT2D eigenvalue weighted by atomic mass is 10.1. The normalized spacial score (nSPS) is 9.71. The number of nitriles is 1. The first-order valence-corrected chi connectivity index (χ1v) is 5.49. The molecule has 1 aromatic carbocycles. The molecular weight excluding hydrogens is 212 g/mol. The molecule has 4 nitrogen and oxygen atoms in total. The Morgan fingerprint density at radius 1 is 0.824 bits per heavy atom. The first kappa shape index (κ1) is 13.2. The number of rotatable bonds is 3. The molecule has 0 heterocycles. The summed E-state index contributed by atoms with van der Waals surface area (Å²) >= 11 is 0. The maximum absolute atomic E-state index is 9.19. The molecule has 1 aromatic rings. The predicted octanol–water partition coefficient (Wildman–Crippen LogP) is 1.76. The Kier molecular flexibility index (Phi) is 3.84. The van der Waals surface area contributed by atoms with E-state index in [1.807, 2.05) is 64.2 Å². The van der Waals surface area contributed by atoms with Crippen molar-refractivity contribution in [1.29, 1.82) is 5.26 Å². The van der Waals surface area contributed by atoms with Gasteiger partial charge >= 0.3 is 0 Å². The average Bonchev–Trinajstić information content (AvgIpc) is 2.26. The van der Waals surface area contributed by atoms with Crippen molar-refractivity contribution in [3.8, 4) is 6.07 Å². The summed E-state index contributed by atoms with van der Waals surface area (Å²) in [6, 6.07) is 6.11. The van der Waals surface area contributed by atoms with Gasteiger partial charge in [0.15, 0.2) is 0 Å². The van der Waals surface area contributed by atoms with Crippen LogP contribution in [0.3, 0.4) is 0 Å². The van der Waals surface area contributed by atoms with Gasteiger partial charge in [-0.25, -0.2) is 0 Å². The van der Waals surface area contributed by atoms with Gasteiger partial charge in [-0.2, -0.15) is 5.26 Å². The molecule has 1 rings (SSSR count). The highest BCUT2D eigenvalue weighted by Gasteiger charge is 2.17. The third kappa shape index (κ3) is 2.44. The fraction of sp³-hybridized carbons (Fsp3) is 0.462. The van der Waals surface area contributed by atoms with Crippen LogP contribution in [0.25, 0.3) is 0 Å². The monoisotopic (exact) mass is 232 g/mol. The van der Waals surface area contributed by atoms with Gasteiger partial charge < -0.3 is 14.7 Å². The summed E-state index contributed by atoms with van der Waals surface area (Å²) < 4.78 is 0.